The molecule has 0 bridgehead atoms. The van der Waals surface area contributed by atoms with Crippen LogP contribution in [0.3, 0.4) is 0 Å². The summed E-state index contributed by atoms with van der Waals surface area (Å²) in [6.07, 6.45) is -5.60. The lowest BCUT2D eigenvalue weighted by atomic mass is 10.1. The number of thioether (sulfide) groups is 1. The average Bonchev–Trinajstić information content (AvgIpc) is 2.53. The zero-order valence-electron chi connectivity index (χ0n) is 10.5. The van der Waals surface area contributed by atoms with Crippen molar-refractivity contribution in [2.24, 2.45) is 0 Å². The Labute approximate surface area is 119 Å². The quantitative estimate of drug-likeness (QED) is 0.491. The number of hydrogen-bond donors (Lipinski definition) is 4. The summed E-state index contributed by atoms with van der Waals surface area (Å²) in [5.74, 6) is -0.316. The van der Waals surface area contributed by atoms with E-state index in [1.165, 1.54) is 16.7 Å². The van der Waals surface area contributed by atoms with Gasteiger partial charge in [0.1, 0.15) is 29.8 Å². The summed E-state index contributed by atoms with van der Waals surface area (Å²) in [6, 6.07) is 6.98. The fraction of sp³-hybridized carbons (Fsp3) is 0.462. The molecule has 20 heavy (non-hydrogen) atoms. The predicted molar refractivity (Wildman–Crippen MR) is 71.2 cm³/mol. The molecule has 0 aliphatic carbocycles. The first-order chi connectivity index (χ1) is 9.50. The Morgan fingerprint density at radius 2 is 1.75 bits per heavy atom. The van der Waals surface area contributed by atoms with Gasteiger partial charge in [-0.25, -0.2) is 0 Å². The molecule has 1 aromatic rings. The average molecular weight is 297 g/mol. The third-order valence-electron chi connectivity index (χ3n) is 3.70. The molecule has 108 valence electrons. The Balaban J connectivity index is 2.02. The fourth-order valence-corrected chi connectivity index (χ4v) is 3.87. The Hall–Kier alpha value is -1.12. The molecule has 7 heteroatoms. The number of aliphatic hydroxyl groups is 4. The van der Waals surface area contributed by atoms with Crippen molar-refractivity contribution in [3.05, 3.63) is 29.8 Å². The number of carbonyl (C=O) groups is 1. The van der Waals surface area contributed by atoms with E-state index in [1.54, 1.807) is 24.3 Å². The molecule has 2 aliphatic heterocycles. The zero-order chi connectivity index (χ0) is 14.4. The van der Waals surface area contributed by atoms with Gasteiger partial charge in [-0.15, -0.1) is 0 Å². The van der Waals surface area contributed by atoms with Crippen LogP contribution in [0.5, 0.6) is 0 Å². The molecular weight excluding hydrogens is 282 g/mol. The molecule has 0 spiro atoms. The van der Waals surface area contributed by atoms with Crippen LogP contribution in [0, 0.1) is 0 Å². The number of nitrogens with zero attached hydrogens (tertiary/aromatic N) is 1. The lowest BCUT2D eigenvalue weighted by Crippen LogP contribution is -2.50. The topological polar surface area (TPSA) is 101 Å². The van der Waals surface area contributed by atoms with Crippen LogP contribution in [0.2, 0.25) is 0 Å². The summed E-state index contributed by atoms with van der Waals surface area (Å²) in [7, 11) is 0. The molecule has 3 rings (SSSR count). The molecule has 5 atom stereocenters. The largest absolute Gasteiger partial charge is 0.388 e. The van der Waals surface area contributed by atoms with E-state index >= 15 is 0 Å². The van der Waals surface area contributed by atoms with Crippen molar-refractivity contribution >= 4 is 17.7 Å². The Kier molecular flexibility index (Phi) is 3.47. The van der Waals surface area contributed by atoms with Crippen LogP contribution in [-0.2, 0) is 0 Å². The lowest BCUT2D eigenvalue weighted by Gasteiger charge is -2.37. The summed E-state index contributed by atoms with van der Waals surface area (Å²) < 4.78 is 0. The van der Waals surface area contributed by atoms with E-state index in [1.807, 2.05) is 0 Å². The van der Waals surface area contributed by atoms with Crippen LogP contribution in [0.1, 0.15) is 10.4 Å². The highest BCUT2D eigenvalue weighted by Gasteiger charge is 2.47. The number of fused-ring (bicyclic) bond motifs is 2. The lowest BCUT2D eigenvalue weighted by molar-refractivity contribution is -0.0911. The molecule has 1 fully saturated rings. The van der Waals surface area contributed by atoms with Crippen LogP contribution in [0.4, 0.5) is 0 Å². The van der Waals surface area contributed by atoms with Gasteiger partial charge in [-0.1, -0.05) is 23.9 Å². The fourth-order valence-electron chi connectivity index (χ4n) is 2.56. The Morgan fingerprint density at radius 1 is 1.05 bits per heavy atom. The van der Waals surface area contributed by atoms with Crippen molar-refractivity contribution in [1.29, 1.82) is 0 Å². The van der Waals surface area contributed by atoms with Crippen molar-refractivity contribution in [3.63, 3.8) is 0 Å². The summed E-state index contributed by atoms with van der Waals surface area (Å²) >= 11 is 1.25. The maximum atomic E-state index is 12.4. The number of hydrogen-bond acceptors (Lipinski definition) is 6. The molecule has 2 aliphatic rings. The van der Waals surface area contributed by atoms with Gasteiger partial charge in [0.2, 0.25) is 0 Å². The Bertz CT molecular complexity index is 539. The van der Waals surface area contributed by atoms with Gasteiger partial charge in [0.15, 0.2) is 0 Å². The van der Waals surface area contributed by atoms with Gasteiger partial charge in [0.05, 0.1) is 12.1 Å². The van der Waals surface area contributed by atoms with Crippen molar-refractivity contribution in [3.8, 4) is 0 Å². The van der Waals surface area contributed by atoms with E-state index in [0.717, 1.165) is 4.90 Å². The minimum Gasteiger partial charge on any atom is -0.388 e. The van der Waals surface area contributed by atoms with E-state index in [-0.39, 0.29) is 12.5 Å². The van der Waals surface area contributed by atoms with Gasteiger partial charge in [-0.05, 0) is 12.1 Å². The molecule has 4 N–H and O–H groups in total. The van der Waals surface area contributed by atoms with Crippen molar-refractivity contribution < 1.29 is 25.2 Å². The Morgan fingerprint density at radius 3 is 2.50 bits per heavy atom. The van der Waals surface area contributed by atoms with E-state index in [9.17, 15) is 25.2 Å². The van der Waals surface area contributed by atoms with Gasteiger partial charge < -0.3 is 25.3 Å². The number of amides is 1. The molecule has 0 radical (unpaired) electrons. The van der Waals surface area contributed by atoms with Gasteiger partial charge in [-0.2, -0.15) is 0 Å². The van der Waals surface area contributed by atoms with Gasteiger partial charge in [0.25, 0.3) is 5.91 Å². The summed E-state index contributed by atoms with van der Waals surface area (Å²) in [6.45, 7) is -0.125. The molecule has 0 unspecified atom stereocenters. The summed E-state index contributed by atoms with van der Waals surface area (Å²) in [4.78, 5) is 14.5. The van der Waals surface area contributed by atoms with Crippen LogP contribution in [0.25, 0.3) is 0 Å². The van der Waals surface area contributed by atoms with Crippen LogP contribution >= 0.6 is 11.8 Å². The van der Waals surface area contributed by atoms with Crippen molar-refractivity contribution in [1.82, 2.24) is 4.90 Å². The second kappa shape index (κ2) is 5.01. The maximum absolute atomic E-state index is 12.4. The second-order valence-electron chi connectivity index (χ2n) is 5.00. The van der Waals surface area contributed by atoms with E-state index < -0.39 is 29.8 Å². The first-order valence-corrected chi connectivity index (χ1v) is 7.17. The molecule has 0 saturated carbocycles. The van der Waals surface area contributed by atoms with Gasteiger partial charge in [-0.3, -0.25) is 4.79 Å². The first-order valence-electron chi connectivity index (χ1n) is 6.29. The maximum Gasteiger partial charge on any atom is 0.256 e. The monoisotopic (exact) mass is 297 g/mol. The van der Waals surface area contributed by atoms with Crippen molar-refractivity contribution in [2.75, 3.05) is 6.54 Å². The third-order valence-corrected chi connectivity index (χ3v) is 5.09. The highest BCUT2D eigenvalue weighted by molar-refractivity contribution is 8.00. The molecule has 1 amide bonds. The number of carbonyl (C=O) groups excluding carboxylic acids is 1. The van der Waals surface area contributed by atoms with E-state index in [0.29, 0.717) is 5.56 Å². The molecule has 1 aromatic carbocycles. The van der Waals surface area contributed by atoms with Crippen molar-refractivity contribution in [2.45, 2.75) is 34.7 Å². The van der Waals surface area contributed by atoms with Crippen LogP contribution in [0.15, 0.2) is 29.2 Å². The molecule has 0 aromatic heterocycles. The zero-order valence-corrected chi connectivity index (χ0v) is 11.3. The van der Waals surface area contributed by atoms with E-state index in [2.05, 4.69) is 0 Å². The van der Waals surface area contributed by atoms with E-state index in [4.69, 9.17) is 0 Å². The first kappa shape index (κ1) is 13.8. The molecule has 6 nitrogen and oxygen atoms in total. The van der Waals surface area contributed by atoms with Gasteiger partial charge in [0, 0.05) is 4.90 Å². The van der Waals surface area contributed by atoms with Crippen LogP contribution in [-0.4, -0.2) is 67.6 Å². The van der Waals surface area contributed by atoms with Gasteiger partial charge >= 0.3 is 0 Å². The molecule has 2 heterocycles. The predicted octanol–water partition coefficient (Wildman–Crippen LogP) is -0.982. The van der Waals surface area contributed by atoms with Crippen LogP contribution < -0.4 is 0 Å². The smallest absolute Gasteiger partial charge is 0.256 e. The third kappa shape index (κ3) is 2.02. The summed E-state index contributed by atoms with van der Waals surface area (Å²) in [5.41, 5.74) is 0.499. The second-order valence-corrected chi connectivity index (χ2v) is 6.16. The molecular formula is C13H15NO5S. The standard InChI is InChI=1S/C13H15NO5S/c15-7-5-14-12(19)6-3-1-2-4-8(6)20-13(14)11(18)10(17)9(7)16/h1-4,7,9-11,13,15-18H,5H2/t7-,9-,10+,11-,13+/m1/s1. The number of aliphatic hydroxyl groups excluding tert-OH is 4. The number of rotatable bonds is 0. The number of benzene rings is 1. The normalized spacial score (nSPS) is 37.1. The highest BCUT2D eigenvalue weighted by Crippen LogP contribution is 2.39. The SMILES string of the molecule is O=C1c2ccccc2S[C@H]2[C@H](O)[C@@H](O)[C@H](O)[C@H](O)CN12. The highest BCUT2D eigenvalue weighted by atomic mass is 32.2. The minimum absolute atomic E-state index is 0.125. The summed E-state index contributed by atoms with van der Waals surface area (Å²) in [5, 5.41) is 38.9. The minimum atomic E-state index is -1.49. The molecule has 1 saturated heterocycles.